The molecule has 2 aliphatic heterocycles. The molecule has 0 fully saturated rings. The number of pyridine rings is 1. The molecule has 0 bridgehead atoms. The van der Waals surface area contributed by atoms with Crippen molar-refractivity contribution in [2.45, 2.75) is 13.0 Å². The molecule has 0 radical (unpaired) electrons. The average molecular weight is 501 g/mol. The summed E-state index contributed by atoms with van der Waals surface area (Å²) in [5.41, 5.74) is 3.37. The van der Waals surface area contributed by atoms with Crippen LogP contribution in [-0.2, 0) is 4.79 Å². The zero-order chi connectivity index (χ0) is 24.6. The minimum atomic E-state index is -0.567. The summed E-state index contributed by atoms with van der Waals surface area (Å²) in [7, 11) is 0. The van der Waals surface area contributed by atoms with Crippen LogP contribution in [0.1, 0.15) is 18.5 Å². The number of nitrogens with one attached hydrogen (secondary N) is 2. The molecular formula is C26H21ClN6O3. The fourth-order valence-electron chi connectivity index (χ4n) is 4.33. The SMILES string of the molecule is CC1=C(C(=O)Nc2ccc(Cl)cc2)C(c2ccc3c(c2)OCCO3)n2nc(-c3cccnc3)nc2N1. The maximum atomic E-state index is 13.7. The Balaban J connectivity index is 1.45. The van der Waals surface area contributed by atoms with Crippen molar-refractivity contribution in [3.8, 4) is 22.9 Å². The molecule has 4 heterocycles. The maximum absolute atomic E-state index is 13.7. The van der Waals surface area contributed by atoms with Crippen LogP contribution < -0.4 is 20.1 Å². The van der Waals surface area contributed by atoms with Crippen LogP contribution in [0.2, 0.25) is 5.02 Å². The van der Waals surface area contributed by atoms with Crippen molar-refractivity contribution < 1.29 is 14.3 Å². The van der Waals surface area contributed by atoms with E-state index in [2.05, 4.69) is 20.6 Å². The molecular weight excluding hydrogens is 480 g/mol. The van der Waals surface area contributed by atoms with Gasteiger partial charge in [-0.2, -0.15) is 4.98 Å². The number of carbonyl (C=O) groups is 1. The van der Waals surface area contributed by atoms with E-state index in [9.17, 15) is 4.79 Å². The van der Waals surface area contributed by atoms with Gasteiger partial charge in [0.2, 0.25) is 5.95 Å². The molecule has 1 amide bonds. The van der Waals surface area contributed by atoms with Gasteiger partial charge in [-0.1, -0.05) is 17.7 Å². The summed E-state index contributed by atoms with van der Waals surface area (Å²) in [5, 5.41) is 11.6. The van der Waals surface area contributed by atoms with E-state index in [0.717, 1.165) is 11.1 Å². The van der Waals surface area contributed by atoms with Gasteiger partial charge in [-0.3, -0.25) is 9.78 Å². The number of aromatic nitrogens is 4. The molecule has 0 saturated carbocycles. The molecule has 10 heteroatoms. The first-order valence-electron chi connectivity index (χ1n) is 11.4. The highest BCUT2D eigenvalue weighted by molar-refractivity contribution is 6.30. The Kier molecular flexibility index (Phi) is 5.54. The van der Waals surface area contributed by atoms with Gasteiger partial charge in [-0.15, -0.1) is 5.10 Å². The molecule has 0 aliphatic carbocycles. The fourth-order valence-corrected chi connectivity index (χ4v) is 4.46. The van der Waals surface area contributed by atoms with Crippen molar-refractivity contribution in [1.29, 1.82) is 0 Å². The van der Waals surface area contributed by atoms with Crippen molar-refractivity contribution in [3.05, 3.63) is 88.8 Å². The third-order valence-electron chi connectivity index (χ3n) is 6.00. The zero-order valence-electron chi connectivity index (χ0n) is 19.2. The standard InChI is InChI=1S/C26H21ClN6O3/c1-15-22(25(34)30-19-7-5-18(27)6-8-19)23(16-4-9-20-21(13-16)36-12-11-35-20)33-26(29-15)31-24(32-33)17-3-2-10-28-14-17/h2-10,13-14,23H,11-12H2,1H3,(H,30,34)(H,29,31,32). The van der Waals surface area contributed by atoms with E-state index in [0.29, 0.717) is 58.5 Å². The maximum Gasteiger partial charge on any atom is 0.255 e. The smallest absolute Gasteiger partial charge is 0.255 e. The first-order valence-corrected chi connectivity index (χ1v) is 11.8. The van der Waals surface area contributed by atoms with Gasteiger partial charge in [-0.05, 0) is 61.0 Å². The van der Waals surface area contributed by atoms with Gasteiger partial charge < -0.3 is 20.1 Å². The van der Waals surface area contributed by atoms with E-state index >= 15 is 0 Å². The van der Waals surface area contributed by atoms with Crippen LogP contribution in [0.3, 0.4) is 0 Å². The van der Waals surface area contributed by atoms with Gasteiger partial charge in [0.15, 0.2) is 17.3 Å². The number of nitrogens with zero attached hydrogens (tertiary/aromatic N) is 4. The predicted molar refractivity (Wildman–Crippen MR) is 135 cm³/mol. The fraction of sp³-hybridized carbons (Fsp3) is 0.154. The van der Waals surface area contributed by atoms with E-state index in [1.807, 2.05) is 37.3 Å². The third kappa shape index (κ3) is 4.03. The minimum absolute atomic E-state index is 0.272. The van der Waals surface area contributed by atoms with Gasteiger partial charge in [0.1, 0.15) is 19.3 Å². The quantitative estimate of drug-likeness (QED) is 0.419. The number of fused-ring (bicyclic) bond motifs is 2. The molecule has 9 nitrogen and oxygen atoms in total. The van der Waals surface area contributed by atoms with E-state index < -0.39 is 6.04 Å². The van der Waals surface area contributed by atoms with Gasteiger partial charge in [0.25, 0.3) is 5.91 Å². The highest BCUT2D eigenvalue weighted by Gasteiger charge is 2.35. The van der Waals surface area contributed by atoms with Gasteiger partial charge in [-0.25, -0.2) is 4.68 Å². The Morgan fingerprint density at radius 3 is 2.69 bits per heavy atom. The van der Waals surface area contributed by atoms with Crippen LogP contribution in [0.5, 0.6) is 11.5 Å². The first-order chi connectivity index (χ1) is 17.6. The molecule has 6 rings (SSSR count). The molecule has 180 valence electrons. The number of carbonyl (C=O) groups excluding carboxylic acids is 1. The number of amides is 1. The predicted octanol–water partition coefficient (Wildman–Crippen LogP) is 4.69. The lowest BCUT2D eigenvalue weighted by atomic mass is 9.94. The van der Waals surface area contributed by atoms with Crippen LogP contribution in [0.4, 0.5) is 11.6 Å². The van der Waals surface area contributed by atoms with Crippen molar-refractivity contribution >= 4 is 29.1 Å². The van der Waals surface area contributed by atoms with Gasteiger partial charge in [0.05, 0.1) is 5.57 Å². The second kappa shape index (κ2) is 9.01. The van der Waals surface area contributed by atoms with E-state index in [1.54, 1.807) is 41.3 Å². The molecule has 2 aromatic carbocycles. The Hall–Kier alpha value is -4.37. The van der Waals surface area contributed by atoms with Crippen molar-refractivity contribution in [1.82, 2.24) is 19.7 Å². The number of benzene rings is 2. The number of allylic oxidation sites excluding steroid dienone is 1. The molecule has 1 atom stereocenters. The number of rotatable bonds is 4. The molecule has 2 N–H and O–H groups in total. The van der Waals surface area contributed by atoms with Gasteiger partial charge in [0, 0.05) is 34.4 Å². The Bertz CT molecular complexity index is 1480. The summed E-state index contributed by atoms with van der Waals surface area (Å²) in [6, 6.07) is 15.8. The van der Waals surface area contributed by atoms with Gasteiger partial charge >= 0.3 is 0 Å². The minimum Gasteiger partial charge on any atom is -0.486 e. The van der Waals surface area contributed by atoms with Crippen LogP contribution in [0, 0.1) is 0 Å². The molecule has 0 saturated heterocycles. The number of hydrogen-bond acceptors (Lipinski definition) is 7. The van der Waals surface area contributed by atoms with Crippen molar-refractivity contribution in [2.75, 3.05) is 23.8 Å². The number of anilines is 2. The summed E-state index contributed by atoms with van der Waals surface area (Å²) in [5.74, 6) is 2.05. The van der Waals surface area contributed by atoms with E-state index in [1.165, 1.54) is 0 Å². The number of hydrogen-bond donors (Lipinski definition) is 2. The molecule has 2 aromatic heterocycles. The lowest BCUT2D eigenvalue weighted by molar-refractivity contribution is -0.113. The lowest BCUT2D eigenvalue weighted by Gasteiger charge is -2.29. The van der Waals surface area contributed by atoms with E-state index in [4.69, 9.17) is 26.2 Å². The second-order valence-electron chi connectivity index (χ2n) is 8.38. The van der Waals surface area contributed by atoms with E-state index in [-0.39, 0.29) is 5.91 Å². The van der Waals surface area contributed by atoms with Crippen molar-refractivity contribution in [2.24, 2.45) is 0 Å². The molecule has 1 unspecified atom stereocenters. The second-order valence-corrected chi connectivity index (χ2v) is 8.81. The van der Waals surface area contributed by atoms with Crippen LogP contribution in [0.25, 0.3) is 11.4 Å². The Morgan fingerprint density at radius 2 is 1.92 bits per heavy atom. The largest absolute Gasteiger partial charge is 0.486 e. The first kappa shape index (κ1) is 22.1. The monoisotopic (exact) mass is 500 g/mol. The van der Waals surface area contributed by atoms with Crippen LogP contribution in [-0.4, -0.2) is 38.9 Å². The molecule has 4 aromatic rings. The highest BCUT2D eigenvalue weighted by atomic mass is 35.5. The Morgan fingerprint density at radius 1 is 1.11 bits per heavy atom. The highest BCUT2D eigenvalue weighted by Crippen LogP contribution is 2.40. The molecule has 2 aliphatic rings. The third-order valence-corrected chi connectivity index (χ3v) is 6.25. The van der Waals surface area contributed by atoms with Crippen LogP contribution >= 0.6 is 11.6 Å². The van der Waals surface area contributed by atoms with Crippen LogP contribution in [0.15, 0.2) is 78.3 Å². The number of ether oxygens (including phenoxy) is 2. The summed E-state index contributed by atoms with van der Waals surface area (Å²) >= 11 is 6.01. The number of halogens is 1. The molecule has 0 spiro atoms. The molecule has 36 heavy (non-hydrogen) atoms. The zero-order valence-corrected chi connectivity index (χ0v) is 20.0. The normalized spacial score (nSPS) is 16.2. The summed E-state index contributed by atoms with van der Waals surface area (Å²) in [6.07, 6.45) is 3.40. The summed E-state index contributed by atoms with van der Waals surface area (Å²) < 4.78 is 13.2. The van der Waals surface area contributed by atoms with Crippen molar-refractivity contribution in [3.63, 3.8) is 0 Å². The summed E-state index contributed by atoms with van der Waals surface area (Å²) in [6.45, 7) is 2.81. The average Bonchev–Trinajstić information content (AvgIpc) is 3.33. The lowest BCUT2D eigenvalue weighted by Crippen LogP contribution is -2.31. The topological polar surface area (TPSA) is 103 Å². The summed E-state index contributed by atoms with van der Waals surface area (Å²) in [4.78, 5) is 22.5. The Labute approximate surface area is 211 Å².